The van der Waals surface area contributed by atoms with E-state index in [9.17, 15) is 19.2 Å². The second-order valence-corrected chi connectivity index (χ2v) is 5.59. The van der Waals surface area contributed by atoms with Crippen molar-refractivity contribution in [3.8, 4) is 0 Å². The zero-order valence-corrected chi connectivity index (χ0v) is 16.3. The van der Waals surface area contributed by atoms with Crippen LogP contribution in [0.1, 0.15) is 32.6 Å². The molecule has 0 bridgehead atoms. The van der Waals surface area contributed by atoms with Crippen LogP contribution in [0.4, 0.5) is 9.59 Å². The predicted octanol–water partition coefficient (Wildman–Crippen LogP) is 1.44. The highest BCUT2D eigenvalue weighted by atomic mass is 16.7. The summed E-state index contributed by atoms with van der Waals surface area (Å²) in [6.07, 6.45) is 0.458. The molecule has 2 heterocycles. The number of hydrogen-bond acceptors (Lipinski definition) is 10. The molecule has 0 aromatic carbocycles. The quantitative estimate of drug-likeness (QED) is 0.328. The van der Waals surface area contributed by atoms with E-state index in [0.717, 1.165) is 32.5 Å². The Morgan fingerprint density at radius 2 is 1.45 bits per heavy atom. The maximum Gasteiger partial charge on any atom is 0.505 e. The number of ketones is 1. The molecule has 0 aliphatic carbocycles. The van der Waals surface area contributed by atoms with Gasteiger partial charge < -0.3 is 43.4 Å². The van der Waals surface area contributed by atoms with Gasteiger partial charge in [-0.15, -0.1) is 0 Å². The molecule has 2 aliphatic rings. The predicted molar refractivity (Wildman–Crippen MR) is 94.6 cm³/mol. The highest BCUT2D eigenvalue weighted by Crippen LogP contribution is 2.11. The molecule has 2 N–H and O–H groups in total. The summed E-state index contributed by atoms with van der Waals surface area (Å²) in [4.78, 5) is 39.6. The molecule has 2 rings (SSSR count). The number of ether oxygens (including phenoxy) is 6. The fourth-order valence-corrected chi connectivity index (χ4v) is 1.93. The molecule has 0 amide bonds. The third-order valence-electron chi connectivity index (χ3n) is 3.16. The Bertz CT molecular complexity index is 453. The highest BCUT2D eigenvalue weighted by Gasteiger charge is 2.13. The van der Waals surface area contributed by atoms with Crippen molar-refractivity contribution < 1.29 is 57.8 Å². The van der Waals surface area contributed by atoms with Crippen LogP contribution in [0.3, 0.4) is 0 Å². The Morgan fingerprint density at radius 1 is 0.931 bits per heavy atom. The molecule has 168 valence electrons. The molecule has 29 heavy (non-hydrogen) atoms. The average molecular weight is 424 g/mol. The molecule has 12 heteroatoms. The molecule has 0 unspecified atom stereocenters. The van der Waals surface area contributed by atoms with E-state index in [1.54, 1.807) is 6.92 Å². The maximum atomic E-state index is 10.6. The van der Waals surface area contributed by atoms with E-state index in [2.05, 4.69) is 9.47 Å². The van der Waals surface area contributed by atoms with Crippen molar-refractivity contribution in [3.63, 3.8) is 0 Å². The number of carbonyl (C=O) groups is 4. The van der Waals surface area contributed by atoms with Crippen molar-refractivity contribution in [1.82, 2.24) is 0 Å². The molecule has 0 saturated carbocycles. The van der Waals surface area contributed by atoms with Gasteiger partial charge in [-0.3, -0.25) is 4.79 Å². The summed E-state index contributed by atoms with van der Waals surface area (Å²) < 4.78 is 27.9. The van der Waals surface area contributed by atoms with Crippen molar-refractivity contribution in [2.75, 3.05) is 39.6 Å². The van der Waals surface area contributed by atoms with Crippen LogP contribution < -0.4 is 0 Å². The first-order valence-corrected chi connectivity index (χ1v) is 8.97. The summed E-state index contributed by atoms with van der Waals surface area (Å²) in [5, 5.41) is 15.7. The lowest BCUT2D eigenvalue weighted by Gasteiger charge is -2.22. The van der Waals surface area contributed by atoms with Gasteiger partial charge in [0.05, 0.1) is 26.4 Å². The lowest BCUT2D eigenvalue weighted by molar-refractivity contribution is -0.181. The van der Waals surface area contributed by atoms with Crippen LogP contribution in [-0.4, -0.2) is 86.8 Å². The standard InChI is InChI=1S/C9H16O3.C4H6O6.C4H6O3/c1-8(10)4-2-5-9-11-6-3-7-12-9;5-3(6)9-1-2-10-4(7)8;5-3-4-6-1-2-7-4/h9H,2-7H2,1H3;1-2H2,(H,5,6)(H,7,8);3-4H,1-2H2. The molecular formula is C17H28O12. The number of Topliss-reactive ketones (excluding diaryl/α,β-unsaturated/α-hetero) is 1. The van der Waals surface area contributed by atoms with Crippen molar-refractivity contribution in [2.45, 2.75) is 45.2 Å². The van der Waals surface area contributed by atoms with Gasteiger partial charge in [-0.1, -0.05) is 0 Å². The molecule has 0 aromatic rings. The summed E-state index contributed by atoms with van der Waals surface area (Å²) in [5.74, 6) is 0.241. The Labute approximate surface area is 167 Å². The van der Waals surface area contributed by atoms with Crippen LogP contribution in [0, 0.1) is 0 Å². The Balaban J connectivity index is 0.000000419. The number of carbonyl (C=O) groups excluding carboxylic acids is 2. The fraction of sp³-hybridized carbons (Fsp3) is 0.765. The van der Waals surface area contributed by atoms with Crippen molar-refractivity contribution in [2.24, 2.45) is 0 Å². The van der Waals surface area contributed by atoms with Crippen LogP contribution in [0.25, 0.3) is 0 Å². The number of carboxylic acid groups (broad SMARTS) is 2. The molecule has 0 spiro atoms. The summed E-state index contributed by atoms with van der Waals surface area (Å²) in [6.45, 7) is 3.74. The fourth-order valence-electron chi connectivity index (χ4n) is 1.93. The number of rotatable bonds is 8. The molecule has 2 saturated heterocycles. The maximum absolute atomic E-state index is 10.6. The van der Waals surface area contributed by atoms with Gasteiger partial charge in [0.2, 0.25) is 6.29 Å². The third-order valence-corrected chi connectivity index (χ3v) is 3.16. The van der Waals surface area contributed by atoms with Crippen LogP contribution >= 0.6 is 0 Å². The minimum atomic E-state index is -1.45. The molecule has 12 nitrogen and oxygen atoms in total. The van der Waals surface area contributed by atoms with Crippen molar-refractivity contribution in [3.05, 3.63) is 0 Å². The van der Waals surface area contributed by atoms with Gasteiger partial charge in [-0.05, 0) is 26.2 Å². The van der Waals surface area contributed by atoms with Crippen molar-refractivity contribution in [1.29, 1.82) is 0 Å². The SMILES string of the molecule is CC(=O)CCCC1OCCCO1.O=C(O)OCCOC(=O)O.O=CC1OCCO1. The molecule has 0 radical (unpaired) electrons. The first kappa shape index (κ1) is 26.7. The van der Waals surface area contributed by atoms with E-state index in [1.807, 2.05) is 0 Å². The minimum absolute atomic E-state index is 0.0573. The monoisotopic (exact) mass is 424 g/mol. The van der Waals surface area contributed by atoms with E-state index < -0.39 is 18.6 Å². The average Bonchev–Trinajstić information content (AvgIpc) is 3.21. The van der Waals surface area contributed by atoms with Gasteiger partial charge >= 0.3 is 12.3 Å². The zero-order chi connectivity index (χ0) is 21.9. The lowest BCUT2D eigenvalue weighted by atomic mass is 10.2. The van der Waals surface area contributed by atoms with Crippen LogP contribution in [-0.2, 0) is 38.0 Å². The molecular weight excluding hydrogens is 396 g/mol. The van der Waals surface area contributed by atoms with Gasteiger partial charge in [-0.25, -0.2) is 9.59 Å². The second-order valence-electron chi connectivity index (χ2n) is 5.59. The van der Waals surface area contributed by atoms with Gasteiger partial charge in [-0.2, -0.15) is 0 Å². The van der Waals surface area contributed by atoms with E-state index >= 15 is 0 Å². The molecule has 0 aromatic heterocycles. The topological polar surface area (TPSA) is 164 Å². The second kappa shape index (κ2) is 17.8. The summed E-state index contributed by atoms with van der Waals surface area (Å²) in [6, 6.07) is 0. The lowest BCUT2D eigenvalue weighted by Crippen LogP contribution is -2.24. The highest BCUT2D eigenvalue weighted by molar-refractivity contribution is 5.75. The smallest absolute Gasteiger partial charge is 0.450 e. The Hall–Kier alpha value is -2.28. The molecule has 0 atom stereocenters. The van der Waals surface area contributed by atoms with Gasteiger partial charge in [0.15, 0.2) is 12.6 Å². The summed E-state index contributed by atoms with van der Waals surface area (Å²) in [5.41, 5.74) is 0. The van der Waals surface area contributed by atoms with E-state index in [0.29, 0.717) is 25.9 Å². The molecule has 2 fully saturated rings. The van der Waals surface area contributed by atoms with Gasteiger partial charge in [0.25, 0.3) is 0 Å². The zero-order valence-electron chi connectivity index (χ0n) is 16.3. The van der Waals surface area contributed by atoms with Gasteiger partial charge in [0.1, 0.15) is 19.0 Å². The normalized spacial score (nSPS) is 16.4. The largest absolute Gasteiger partial charge is 0.505 e. The summed E-state index contributed by atoms with van der Waals surface area (Å²) in [7, 11) is 0. The van der Waals surface area contributed by atoms with E-state index in [4.69, 9.17) is 29.2 Å². The minimum Gasteiger partial charge on any atom is -0.450 e. The van der Waals surface area contributed by atoms with Gasteiger partial charge in [0, 0.05) is 6.42 Å². The number of aldehydes is 1. The third kappa shape index (κ3) is 18.8. The Morgan fingerprint density at radius 3 is 1.83 bits per heavy atom. The van der Waals surface area contributed by atoms with E-state index in [1.165, 1.54) is 0 Å². The Kier molecular flexibility index (Phi) is 16.4. The molecule has 2 aliphatic heterocycles. The van der Waals surface area contributed by atoms with E-state index in [-0.39, 0.29) is 25.3 Å². The van der Waals surface area contributed by atoms with Crippen molar-refractivity contribution >= 4 is 24.4 Å². The number of hydrogen-bond donors (Lipinski definition) is 2. The first-order chi connectivity index (χ1) is 13.8. The first-order valence-electron chi connectivity index (χ1n) is 8.97. The van der Waals surface area contributed by atoms with Crippen LogP contribution in [0.15, 0.2) is 0 Å². The van der Waals surface area contributed by atoms with Crippen LogP contribution in [0.2, 0.25) is 0 Å². The van der Waals surface area contributed by atoms with Crippen LogP contribution in [0.5, 0.6) is 0 Å². The summed E-state index contributed by atoms with van der Waals surface area (Å²) >= 11 is 0.